The smallest absolute Gasteiger partial charge is 0.237 e. The lowest BCUT2D eigenvalue weighted by molar-refractivity contribution is -0.125. The quantitative estimate of drug-likeness (QED) is 0.494. The molecule has 0 spiro atoms. The monoisotopic (exact) mass is 463 g/mol. The molecule has 0 bridgehead atoms. The van der Waals surface area contributed by atoms with Gasteiger partial charge in [-0.3, -0.25) is 9.69 Å². The number of hydrogen-bond acceptors (Lipinski definition) is 4. The van der Waals surface area contributed by atoms with Crippen molar-refractivity contribution in [1.82, 2.24) is 15.5 Å². The Balaban J connectivity index is 1.41. The summed E-state index contributed by atoms with van der Waals surface area (Å²) in [6, 6.07) is 25.9. The molecule has 0 aliphatic carbocycles. The van der Waals surface area contributed by atoms with Crippen LogP contribution in [0.4, 0.5) is 0 Å². The zero-order chi connectivity index (χ0) is 23.0. The topological polar surface area (TPSA) is 53.6 Å². The molecule has 1 fully saturated rings. The Labute approximate surface area is 200 Å². The third-order valence-corrected chi connectivity index (χ3v) is 6.47. The number of ether oxygens (including phenoxy) is 1. The predicted octanol–water partition coefficient (Wildman–Crippen LogP) is 4.40. The zero-order valence-electron chi connectivity index (χ0n) is 18.8. The van der Waals surface area contributed by atoms with Gasteiger partial charge in [-0.1, -0.05) is 72.3 Å². The van der Waals surface area contributed by atoms with E-state index >= 15 is 0 Å². The maximum absolute atomic E-state index is 13.2. The van der Waals surface area contributed by atoms with Crippen LogP contribution >= 0.6 is 11.6 Å². The Hall–Kier alpha value is -2.86. The standard InChI is InChI=1S/C27H30ClN3O2/c1-33-24-13-11-21(12-14-24)16-29-23-15-26(27(32)30-17-20-7-3-2-4-8-20)31(19-23)18-22-9-5-6-10-25(22)28/h2-14,23,26,29H,15-19H2,1H3,(H,30,32)/t23-,26-/m0/s1. The second-order valence-electron chi connectivity index (χ2n) is 8.40. The maximum Gasteiger partial charge on any atom is 0.237 e. The number of carbonyl (C=O) groups is 1. The number of benzene rings is 3. The number of amides is 1. The highest BCUT2D eigenvalue weighted by Gasteiger charge is 2.36. The van der Waals surface area contributed by atoms with Gasteiger partial charge in [-0.2, -0.15) is 0 Å². The normalized spacial score (nSPS) is 18.2. The van der Waals surface area contributed by atoms with Crippen molar-refractivity contribution < 1.29 is 9.53 Å². The van der Waals surface area contributed by atoms with Gasteiger partial charge in [-0.25, -0.2) is 0 Å². The average Bonchev–Trinajstić information content (AvgIpc) is 3.26. The fourth-order valence-electron chi connectivity index (χ4n) is 4.25. The molecule has 0 aromatic heterocycles. The van der Waals surface area contributed by atoms with Crippen LogP contribution in [0.5, 0.6) is 5.75 Å². The molecule has 0 saturated carbocycles. The zero-order valence-corrected chi connectivity index (χ0v) is 19.6. The molecule has 2 atom stereocenters. The second-order valence-corrected chi connectivity index (χ2v) is 8.81. The Morgan fingerprint density at radius 1 is 0.970 bits per heavy atom. The fourth-order valence-corrected chi connectivity index (χ4v) is 4.45. The van der Waals surface area contributed by atoms with Gasteiger partial charge in [0, 0.05) is 37.2 Å². The van der Waals surface area contributed by atoms with Gasteiger partial charge in [0.1, 0.15) is 5.75 Å². The number of carbonyl (C=O) groups excluding carboxylic acids is 1. The molecule has 1 amide bonds. The third-order valence-electron chi connectivity index (χ3n) is 6.10. The van der Waals surface area contributed by atoms with Gasteiger partial charge in [0.25, 0.3) is 0 Å². The number of nitrogens with one attached hydrogen (secondary N) is 2. The predicted molar refractivity (Wildman–Crippen MR) is 132 cm³/mol. The van der Waals surface area contributed by atoms with E-state index in [1.807, 2.05) is 66.7 Å². The van der Waals surface area contributed by atoms with Crippen LogP contribution in [0.25, 0.3) is 0 Å². The molecule has 1 saturated heterocycles. The van der Waals surface area contributed by atoms with Crippen molar-refractivity contribution in [2.24, 2.45) is 0 Å². The van der Waals surface area contributed by atoms with Crippen molar-refractivity contribution in [2.75, 3.05) is 13.7 Å². The fraction of sp³-hybridized carbons (Fsp3) is 0.296. The highest BCUT2D eigenvalue weighted by molar-refractivity contribution is 6.31. The molecule has 0 unspecified atom stereocenters. The largest absolute Gasteiger partial charge is 0.497 e. The Morgan fingerprint density at radius 2 is 1.67 bits per heavy atom. The van der Waals surface area contributed by atoms with Crippen molar-refractivity contribution in [3.8, 4) is 5.75 Å². The lowest BCUT2D eigenvalue weighted by atomic mass is 10.1. The van der Waals surface area contributed by atoms with E-state index in [1.54, 1.807) is 7.11 Å². The number of nitrogens with zero attached hydrogens (tertiary/aromatic N) is 1. The number of halogens is 1. The van der Waals surface area contributed by atoms with Crippen LogP contribution in [-0.2, 0) is 24.4 Å². The minimum Gasteiger partial charge on any atom is -0.497 e. The molecule has 2 N–H and O–H groups in total. The Morgan fingerprint density at radius 3 is 2.39 bits per heavy atom. The lowest BCUT2D eigenvalue weighted by Gasteiger charge is -2.24. The van der Waals surface area contributed by atoms with Crippen LogP contribution in [0.15, 0.2) is 78.9 Å². The molecule has 1 heterocycles. The minimum absolute atomic E-state index is 0.0552. The van der Waals surface area contributed by atoms with Crippen LogP contribution < -0.4 is 15.4 Å². The van der Waals surface area contributed by atoms with Gasteiger partial charge >= 0.3 is 0 Å². The van der Waals surface area contributed by atoms with Crippen LogP contribution in [0.3, 0.4) is 0 Å². The van der Waals surface area contributed by atoms with E-state index in [9.17, 15) is 4.79 Å². The molecule has 3 aromatic rings. The van der Waals surface area contributed by atoms with E-state index in [2.05, 4.69) is 27.7 Å². The van der Waals surface area contributed by atoms with E-state index in [0.717, 1.165) is 41.4 Å². The summed E-state index contributed by atoms with van der Waals surface area (Å²) in [4.78, 5) is 15.4. The highest BCUT2D eigenvalue weighted by atomic mass is 35.5. The van der Waals surface area contributed by atoms with E-state index in [-0.39, 0.29) is 18.0 Å². The van der Waals surface area contributed by atoms with Gasteiger partial charge < -0.3 is 15.4 Å². The molecule has 172 valence electrons. The van der Waals surface area contributed by atoms with Crippen molar-refractivity contribution >= 4 is 17.5 Å². The molecule has 6 heteroatoms. The minimum atomic E-state index is -0.210. The van der Waals surface area contributed by atoms with Gasteiger partial charge in [0.15, 0.2) is 0 Å². The van der Waals surface area contributed by atoms with Crippen molar-refractivity contribution in [3.63, 3.8) is 0 Å². The molecular weight excluding hydrogens is 434 g/mol. The van der Waals surface area contributed by atoms with Gasteiger partial charge in [0.2, 0.25) is 5.91 Å². The maximum atomic E-state index is 13.2. The molecular formula is C27H30ClN3O2. The SMILES string of the molecule is COc1ccc(CN[C@H]2C[C@@H](C(=O)NCc3ccccc3)N(Cc3ccccc3Cl)C2)cc1. The Bertz CT molecular complexity index is 1040. The second kappa shape index (κ2) is 11.3. The average molecular weight is 464 g/mol. The molecule has 1 aliphatic rings. The third kappa shape index (κ3) is 6.35. The van der Waals surface area contributed by atoms with Gasteiger partial charge in [-0.05, 0) is 41.3 Å². The summed E-state index contributed by atoms with van der Waals surface area (Å²) in [5.41, 5.74) is 3.32. The molecule has 5 nitrogen and oxygen atoms in total. The number of likely N-dealkylation sites (tertiary alicyclic amines) is 1. The van der Waals surface area contributed by atoms with E-state index in [1.165, 1.54) is 5.56 Å². The first-order valence-electron chi connectivity index (χ1n) is 11.3. The van der Waals surface area contributed by atoms with Crippen LogP contribution in [0.2, 0.25) is 5.02 Å². The number of rotatable bonds is 9. The van der Waals surface area contributed by atoms with Crippen molar-refractivity contribution in [1.29, 1.82) is 0 Å². The summed E-state index contributed by atoms with van der Waals surface area (Å²) in [5.74, 6) is 0.903. The number of hydrogen-bond donors (Lipinski definition) is 2. The van der Waals surface area contributed by atoms with Crippen molar-refractivity contribution in [3.05, 3.63) is 101 Å². The first-order chi connectivity index (χ1) is 16.1. The molecule has 1 aliphatic heterocycles. The van der Waals surface area contributed by atoms with E-state index < -0.39 is 0 Å². The van der Waals surface area contributed by atoms with Crippen LogP contribution in [0, 0.1) is 0 Å². The summed E-state index contributed by atoms with van der Waals surface area (Å²) in [5, 5.41) is 7.48. The van der Waals surface area contributed by atoms with E-state index in [0.29, 0.717) is 13.1 Å². The van der Waals surface area contributed by atoms with Crippen LogP contribution in [0.1, 0.15) is 23.1 Å². The van der Waals surface area contributed by atoms with Crippen LogP contribution in [-0.4, -0.2) is 36.5 Å². The molecule has 4 rings (SSSR count). The first kappa shape index (κ1) is 23.3. The highest BCUT2D eigenvalue weighted by Crippen LogP contribution is 2.25. The number of methoxy groups -OCH3 is 1. The molecule has 0 radical (unpaired) electrons. The molecule has 3 aromatic carbocycles. The summed E-state index contributed by atoms with van der Waals surface area (Å²) >= 11 is 6.42. The summed E-state index contributed by atoms with van der Waals surface area (Å²) in [6.45, 7) is 2.70. The van der Waals surface area contributed by atoms with Gasteiger partial charge in [0.05, 0.1) is 13.2 Å². The summed E-state index contributed by atoms with van der Waals surface area (Å²) < 4.78 is 5.24. The summed E-state index contributed by atoms with van der Waals surface area (Å²) in [7, 11) is 1.67. The van der Waals surface area contributed by atoms with Gasteiger partial charge in [-0.15, -0.1) is 0 Å². The lowest BCUT2D eigenvalue weighted by Crippen LogP contribution is -2.42. The summed E-state index contributed by atoms with van der Waals surface area (Å²) in [6.07, 6.45) is 0.751. The Kier molecular flexibility index (Phi) is 8.00. The van der Waals surface area contributed by atoms with E-state index in [4.69, 9.17) is 16.3 Å². The van der Waals surface area contributed by atoms with Crippen molar-refractivity contribution in [2.45, 2.75) is 38.1 Å². The molecule has 33 heavy (non-hydrogen) atoms. The first-order valence-corrected chi connectivity index (χ1v) is 11.7.